The normalized spacial score (nSPS) is 12.6. The number of aliphatic imine (C=N–C) groups is 1. The minimum atomic E-state index is -0.247. The number of isocyanates is 1. The molecule has 4 aliphatic heterocycles. The summed E-state index contributed by atoms with van der Waals surface area (Å²) in [5.41, 5.74) is 10.4. The molecule has 346 valence electrons. The molecule has 10 rings (SSSR count). The van der Waals surface area contributed by atoms with Gasteiger partial charge in [-0.25, -0.2) is 4.79 Å². The van der Waals surface area contributed by atoms with Crippen LogP contribution in [0, 0.1) is 0 Å². The molecule has 0 unspecified atom stereocenters. The first-order chi connectivity index (χ1) is 32.5. The van der Waals surface area contributed by atoms with Crippen LogP contribution in [0.4, 0.5) is 5.69 Å². The zero-order valence-electron chi connectivity index (χ0n) is 36.0. The lowest BCUT2D eigenvalue weighted by Gasteiger charge is -2.05. The number of aromatic hydroxyl groups is 4. The van der Waals surface area contributed by atoms with Gasteiger partial charge >= 0.3 is 0 Å². The predicted molar refractivity (Wildman–Crippen MR) is 240 cm³/mol. The first-order valence-electron chi connectivity index (χ1n) is 20.9. The smallest absolute Gasteiger partial charge is 0.240 e. The topological polar surface area (TPSA) is 244 Å². The van der Waals surface area contributed by atoms with Crippen LogP contribution >= 0.6 is 0 Å². The van der Waals surface area contributed by atoms with E-state index in [9.17, 15) is 34.8 Å². The van der Waals surface area contributed by atoms with Crippen molar-refractivity contribution in [2.75, 3.05) is 27.2 Å². The third-order valence-electron chi connectivity index (χ3n) is 10.3. The average Bonchev–Trinajstić information content (AvgIpc) is 4.18. The lowest BCUT2D eigenvalue weighted by molar-refractivity contribution is -0.119. The molecule has 0 amide bonds. The fraction of sp³-hybridized carbons (Fsp3) is 0.220. The Balaban J connectivity index is 0.000000139. The van der Waals surface area contributed by atoms with Gasteiger partial charge in [0.05, 0.1) is 5.69 Å². The minimum absolute atomic E-state index is 0.0207. The highest BCUT2D eigenvalue weighted by Gasteiger charge is 2.17. The fourth-order valence-corrected chi connectivity index (χ4v) is 6.83. The van der Waals surface area contributed by atoms with Gasteiger partial charge in [-0.15, -0.1) is 0 Å². The van der Waals surface area contributed by atoms with Gasteiger partial charge in [0.2, 0.25) is 33.3 Å². The monoisotopic (exact) mass is 914 g/mol. The van der Waals surface area contributed by atoms with Crippen molar-refractivity contribution in [3.63, 3.8) is 0 Å². The van der Waals surface area contributed by atoms with Crippen molar-refractivity contribution in [2.24, 2.45) is 10.7 Å². The highest BCUT2D eigenvalue weighted by Crippen LogP contribution is 2.36. The molecule has 0 aromatic heterocycles. The second-order valence-electron chi connectivity index (χ2n) is 15.1. The summed E-state index contributed by atoms with van der Waals surface area (Å²) in [4.78, 5) is 37.4. The molecule has 4 heterocycles. The summed E-state index contributed by atoms with van der Waals surface area (Å²) in [5.74, 6) is 5.19. The molecule has 0 radical (unpaired) electrons. The third-order valence-corrected chi connectivity index (χ3v) is 10.3. The molecule has 6 N–H and O–H groups in total. The number of hydrogen-bond donors (Lipinski definition) is 5. The molecule has 0 bridgehead atoms. The Morgan fingerprint density at radius 1 is 0.448 bits per heavy atom. The van der Waals surface area contributed by atoms with Crippen LogP contribution in [0.15, 0.2) is 114 Å². The summed E-state index contributed by atoms with van der Waals surface area (Å²) in [6.45, 7) is 1.60. The number of benzene rings is 6. The van der Waals surface area contributed by atoms with Crippen LogP contribution in [-0.2, 0) is 46.6 Å². The summed E-state index contributed by atoms with van der Waals surface area (Å²) in [5, 5.41) is 37.1. The van der Waals surface area contributed by atoms with E-state index in [0.717, 1.165) is 51.0 Å². The SMILES string of the molecule is NCc1ccc2c(c1)OCO2.O=C(CCc1ccc(O)c(O)c1)Cc1ccc(O)c(O)c1.O=C(CCc1ccc2c(c1)OCO2)Cc1ccc2c(c1)OCO2.O=C=Nc1ccc2c(c1)OCO2. The summed E-state index contributed by atoms with van der Waals surface area (Å²) in [6.07, 6.45) is 3.95. The maximum Gasteiger partial charge on any atom is 0.240 e. The Hall–Kier alpha value is -8.40. The van der Waals surface area contributed by atoms with E-state index in [4.69, 9.17) is 43.6 Å². The highest BCUT2D eigenvalue weighted by molar-refractivity contribution is 5.82. The Kier molecular flexibility index (Phi) is 15.6. The van der Waals surface area contributed by atoms with Gasteiger partial charge in [-0.3, -0.25) is 9.59 Å². The van der Waals surface area contributed by atoms with E-state index in [1.165, 1.54) is 30.3 Å². The van der Waals surface area contributed by atoms with Crippen molar-refractivity contribution in [3.05, 3.63) is 137 Å². The number of nitrogens with two attached hydrogens (primary N) is 1. The van der Waals surface area contributed by atoms with Gasteiger partial charge in [-0.2, -0.15) is 4.99 Å². The van der Waals surface area contributed by atoms with Crippen LogP contribution in [0.2, 0.25) is 0 Å². The van der Waals surface area contributed by atoms with Gasteiger partial charge in [-0.05, 0) is 113 Å². The molecular weight excluding hydrogens is 869 g/mol. The summed E-state index contributed by atoms with van der Waals surface area (Å²) < 4.78 is 41.7. The number of carbonyl (C=O) groups is 2. The lowest BCUT2D eigenvalue weighted by Crippen LogP contribution is -2.04. The molecule has 6 aromatic rings. The number of phenolic OH excluding ortho intramolecular Hbond substituents is 4. The quantitative estimate of drug-likeness (QED) is 0.0456. The number of carbonyl (C=O) groups excluding carboxylic acids is 3. The van der Waals surface area contributed by atoms with Crippen LogP contribution in [0.25, 0.3) is 0 Å². The van der Waals surface area contributed by atoms with Crippen molar-refractivity contribution in [3.8, 4) is 69.0 Å². The van der Waals surface area contributed by atoms with Gasteiger partial charge in [0, 0.05) is 38.3 Å². The zero-order valence-corrected chi connectivity index (χ0v) is 36.0. The molecule has 67 heavy (non-hydrogen) atoms. The molecule has 6 aromatic carbocycles. The first kappa shape index (κ1) is 46.6. The Bertz CT molecular complexity index is 2770. The van der Waals surface area contributed by atoms with Crippen molar-refractivity contribution < 1.29 is 72.7 Å². The van der Waals surface area contributed by atoms with E-state index in [1.807, 2.05) is 54.6 Å². The van der Waals surface area contributed by atoms with Crippen LogP contribution in [0.3, 0.4) is 0 Å². The Morgan fingerprint density at radius 2 is 0.806 bits per heavy atom. The summed E-state index contributed by atoms with van der Waals surface area (Å²) in [7, 11) is 0. The van der Waals surface area contributed by atoms with Crippen LogP contribution < -0.4 is 43.6 Å². The molecule has 0 atom stereocenters. The number of fused-ring (bicyclic) bond motifs is 4. The molecule has 4 aliphatic rings. The predicted octanol–water partition coefficient (Wildman–Crippen LogP) is 7.40. The van der Waals surface area contributed by atoms with Crippen molar-refractivity contribution in [1.29, 1.82) is 0 Å². The molecule has 17 nitrogen and oxygen atoms in total. The molecular formula is C50H46N2O15. The maximum absolute atomic E-state index is 12.2. The lowest BCUT2D eigenvalue weighted by atomic mass is 10.0. The second-order valence-corrected chi connectivity index (χ2v) is 15.1. The maximum atomic E-state index is 12.2. The van der Waals surface area contributed by atoms with E-state index in [-0.39, 0.29) is 67.8 Å². The van der Waals surface area contributed by atoms with Crippen LogP contribution in [0.5, 0.6) is 69.0 Å². The number of ether oxygens (including phenoxy) is 8. The van der Waals surface area contributed by atoms with Crippen molar-refractivity contribution in [2.45, 2.75) is 45.1 Å². The van der Waals surface area contributed by atoms with Gasteiger partial charge in [-0.1, -0.05) is 30.3 Å². The average molecular weight is 915 g/mol. The number of phenols is 4. The van der Waals surface area contributed by atoms with Gasteiger partial charge in [0.15, 0.2) is 69.0 Å². The third kappa shape index (κ3) is 13.1. The number of nitrogens with zero attached hydrogens (tertiary/aromatic N) is 1. The molecule has 0 fully saturated rings. The second kappa shape index (κ2) is 22.5. The molecule has 0 saturated carbocycles. The van der Waals surface area contributed by atoms with Crippen LogP contribution in [-0.4, -0.2) is 65.2 Å². The summed E-state index contributed by atoms with van der Waals surface area (Å²) >= 11 is 0. The standard InChI is InChI=1S/C18H16O5.C16H16O5.C8H5NO3.C8H9NO2/c19-14(7-13-3-6-16-18(9-13)23-11-21-16)4-1-12-2-5-15-17(8-12)22-10-20-15;17-12(7-11-3-6-14(19)16(21)9-11)4-1-10-2-5-13(18)15(20)8-10;10-4-9-6-1-2-7-8(3-6)12-5-11-7;9-4-6-1-2-7-8(3-6)11-5-10-7/h2-3,5-6,8-9H,1,4,7,10-11H2;2-3,5-6,8-9,18-21H,1,4,7H2;1-3H,5H2;1-3H,4-5,9H2. The van der Waals surface area contributed by atoms with E-state index < -0.39 is 0 Å². The molecule has 17 heteroatoms. The van der Waals surface area contributed by atoms with Crippen LogP contribution in [0.1, 0.15) is 40.7 Å². The van der Waals surface area contributed by atoms with Crippen molar-refractivity contribution >= 4 is 23.3 Å². The number of rotatable bonds is 12. The molecule has 0 aliphatic carbocycles. The number of hydrogen-bond acceptors (Lipinski definition) is 17. The Morgan fingerprint density at radius 3 is 1.30 bits per heavy atom. The number of Topliss-reactive ketones (excluding diaryl/α,β-unsaturated/α-hetero) is 2. The largest absolute Gasteiger partial charge is 0.504 e. The van der Waals surface area contributed by atoms with Crippen molar-refractivity contribution in [1.82, 2.24) is 0 Å². The number of ketones is 2. The Labute approximate surface area is 384 Å². The zero-order chi connectivity index (χ0) is 47.1. The van der Waals surface area contributed by atoms with Gasteiger partial charge in [0.25, 0.3) is 0 Å². The molecule has 0 spiro atoms. The fourth-order valence-electron chi connectivity index (χ4n) is 6.83. The highest BCUT2D eigenvalue weighted by atomic mass is 16.7. The first-order valence-corrected chi connectivity index (χ1v) is 20.9. The molecule has 0 saturated heterocycles. The van der Waals surface area contributed by atoms with Gasteiger partial charge < -0.3 is 64.1 Å². The minimum Gasteiger partial charge on any atom is -0.504 e. The van der Waals surface area contributed by atoms with E-state index in [0.29, 0.717) is 67.5 Å². The number of aryl methyl sites for hydroxylation is 2. The van der Waals surface area contributed by atoms with E-state index in [2.05, 4.69) is 4.99 Å². The van der Waals surface area contributed by atoms with E-state index >= 15 is 0 Å². The van der Waals surface area contributed by atoms with Gasteiger partial charge in [0.1, 0.15) is 11.6 Å². The summed E-state index contributed by atoms with van der Waals surface area (Å²) in [6, 6.07) is 30.9. The van der Waals surface area contributed by atoms with E-state index in [1.54, 1.807) is 30.3 Å².